The van der Waals surface area contributed by atoms with E-state index in [-0.39, 0.29) is 12.2 Å². The third-order valence-electron chi connectivity index (χ3n) is 3.66. The lowest BCUT2D eigenvalue weighted by Gasteiger charge is -2.31. The van der Waals surface area contributed by atoms with Crippen molar-refractivity contribution in [3.63, 3.8) is 0 Å². The number of aliphatic hydroxyl groups excluding tert-OH is 1. The molecule has 0 aromatic rings. The second kappa shape index (κ2) is 7.20. The maximum absolute atomic E-state index is 9.54. The molecule has 0 amide bonds. The molecule has 3 heteroatoms. The summed E-state index contributed by atoms with van der Waals surface area (Å²) in [4.78, 5) is 0. The first-order chi connectivity index (χ1) is 6.91. The first kappa shape index (κ1) is 14.9. The molecule has 0 bridgehead atoms. The second-order valence-corrected chi connectivity index (χ2v) is 4.68. The van der Waals surface area contributed by atoms with Gasteiger partial charge in [-0.2, -0.15) is 0 Å². The van der Waals surface area contributed by atoms with Crippen molar-refractivity contribution >= 4 is 0 Å². The number of rotatable bonds is 7. The van der Waals surface area contributed by atoms with Crippen LogP contribution in [0.25, 0.3) is 0 Å². The molecule has 0 aliphatic carbocycles. The maximum atomic E-state index is 9.54. The number of hydrogen-bond acceptors (Lipinski definition) is 3. The van der Waals surface area contributed by atoms with Gasteiger partial charge in [0.05, 0.1) is 18.8 Å². The van der Waals surface area contributed by atoms with Gasteiger partial charge in [0.15, 0.2) is 0 Å². The van der Waals surface area contributed by atoms with E-state index < -0.39 is 0 Å². The topological polar surface area (TPSA) is 55.5 Å². The molecule has 0 aromatic carbocycles. The number of aliphatic hydroxyl groups is 1. The lowest BCUT2D eigenvalue weighted by molar-refractivity contribution is -0.00688. The molecule has 0 aromatic heterocycles. The quantitative estimate of drug-likeness (QED) is 0.681. The molecule has 0 spiro atoms. The Labute approximate surface area is 94.0 Å². The fourth-order valence-corrected chi connectivity index (χ4v) is 1.75. The molecule has 0 rings (SSSR count). The fourth-order valence-electron chi connectivity index (χ4n) is 1.75. The highest BCUT2D eigenvalue weighted by Crippen LogP contribution is 2.26. The van der Waals surface area contributed by atoms with E-state index in [1.165, 1.54) is 0 Å². The van der Waals surface area contributed by atoms with Crippen molar-refractivity contribution in [2.24, 2.45) is 23.5 Å². The Hall–Kier alpha value is -0.120. The van der Waals surface area contributed by atoms with Crippen molar-refractivity contribution in [2.75, 3.05) is 13.2 Å². The summed E-state index contributed by atoms with van der Waals surface area (Å²) in [5.41, 5.74) is 5.40. The Kier molecular flexibility index (Phi) is 7.14. The van der Waals surface area contributed by atoms with Gasteiger partial charge in [0.2, 0.25) is 0 Å². The maximum Gasteiger partial charge on any atom is 0.0592 e. The van der Waals surface area contributed by atoms with Crippen LogP contribution in [0, 0.1) is 17.8 Å². The van der Waals surface area contributed by atoms with Crippen LogP contribution in [-0.4, -0.2) is 30.5 Å². The second-order valence-electron chi connectivity index (χ2n) is 4.68. The van der Waals surface area contributed by atoms with E-state index in [1.807, 2.05) is 6.92 Å². The fraction of sp³-hybridized carbons (Fsp3) is 1.00. The van der Waals surface area contributed by atoms with Crippen LogP contribution in [-0.2, 0) is 4.74 Å². The third kappa shape index (κ3) is 4.96. The van der Waals surface area contributed by atoms with Crippen LogP contribution in [0.4, 0.5) is 0 Å². The number of ether oxygens (including phenoxy) is 1. The molecule has 2 unspecified atom stereocenters. The summed E-state index contributed by atoms with van der Waals surface area (Å²) in [6, 6.07) is 0. The van der Waals surface area contributed by atoms with Crippen LogP contribution >= 0.6 is 0 Å². The van der Waals surface area contributed by atoms with Crippen LogP contribution < -0.4 is 5.73 Å². The first-order valence-corrected chi connectivity index (χ1v) is 5.91. The van der Waals surface area contributed by atoms with Crippen LogP contribution in [0.1, 0.15) is 34.6 Å². The summed E-state index contributed by atoms with van der Waals surface area (Å²) in [7, 11) is 0. The van der Waals surface area contributed by atoms with Crippen LogP contribution in [0.15, 0.2) is 0 Å². The summed E-state index contributed by atoms with van der Waals surface area (Å²) < 4.78 is 5.60. The van der Waals surface area contributed by atoms with E-state index in [2.05, 4.69) is 27.7 Å². The van der Waals surface area contributed by atoms with Gasteiger partial charge in [-0.25, -0.2) is 0 Å². The highest BCUT2D eigenvalue weighted by molar-refractivity contribution is 4.75. The molecule has 0 aliphatic heterocycles. The number of hydrogen-bond donors (Lipinski definition) is 2. The lowest BCUT2D eigenvalue weighted by atomic mass is 9.80. The zero-order chi connectivity index (χ0) is 12.0. The van der Waals surface area contributed by atoms with Crippen molar-refractivity contribution in [3.8, 4) is 0 Å². The average Bonchev–Trinajstić information content (AvgIpc) is 2.22. The summed E-state index contributed by atoms with van der Waals surface area (Å²) in [5, 5.41) is 9.54. The Morgan fingerprint density at radius 1 is 1.00 bits per heavy atom. The van der Waals surface area contributed by atoms with Gasteiger partial charge in [-0.05, 0) is 31.6 Å². The normalized spacial score (nSPS) is 21.8. The van der Waals surface area contributed by atoms with Crippen molar-refractivity contribution in [1.82, 2.24) is 0 Å². The van der Waals surface area contributed by atoms with Crippen molar-refractivity contribution in [2.45, 2.75) is 46.8 Å². The van der Waals surface area contributed by atoms with Crippen LogP contribution in [0.5, 0.6) is 0 Å². The Bertz CT molecular complexity index is 162. The highest BCUT2D eigenvalue weighted by Gasteiger charge is 2.26. The standard InChI is InChI=1S/C12H27NO2/c1-8(9(2)11(4)14)10(3)12(5)15-7-6-13/h8-12,14H,6-7,13H2,1-5H3/t8?,9-,10+,11+,12?/m0/s1. The van der Waals surface area contributed by atoms with Crippen molar-refractivity contribution < 1.29 is 9.84 Å². The minimum atomic E-state index is -0.260. The summed E-state index contributed by atoms with van der Waals surface area (Å²) in [6.07, 6.45) is -0.0612. The van der Waals surface area contributed by atoms with Gasteiger partial charge < -0.3 is 15.6 Å². The molecule has 0 fully saturated rings. The molecule has 0 saturated heterocycles. The van der Waals surface area contributed by atoms with Crippen LogP contribution in [0.3, 0.4) is 0 Å². The van der Waals surface area contributed by atoms with Gasteiger partial charge in [0.1, 0.15) is 0 Å². The van der Waals surface area contributed by atoms with Gasteiger partial charge in [0.25, 0.3) is 0 Å². The third-order valence-corrected chi connectivity index (χ3v) is 3.66. The molecule has 0 radical (unpaired) electrons. The first-order valence-electron chi connectivity index (χ1n) is 5.91. The van der Waals surface area contributed by atoms with Gasteiger partial charge in [-0.1, -0.05) is 20.8 Å². The molecule has 5 atom stereocenters. The van der Waals surface area contributed by atoms with Crippen molar-refractivity contribution in [1.29, 1.82) is 0 Å². The lowest BCUT2D eigenvalue weighted by Crippen LogP contribution is -2.33. The predicted molar refractivity (Wildman–Crippen MR) is 63.6 cm³/mol. The minimum absolute atomic E-state index is 0.199. The zero-order valence-corrected chi connectivity index (χ0v) is 10.7. The largest absolute Gasteiger partial charge is 0.393 e. The van der Waals surface area contributed by atoms with Crippen LogP contribution in [0.2, 0.25) is 0 Å². The molecule has 3 N–H and O–H groups in total. The van der Waals surface area contributed by atoms with Gasteiger partial charge in [-0.15, -0.1) is 0 Å². The van der Waals surface area contributed by atoms with Gasteiger partial charge >= 0.3 is 0 Å². The molecule has 92 valence electrons. The average molecular weight is 217 g/mol. The van der Waals surface area contributed by atoms with E-state index in [1.54, 1.807) is 0 Å². The Balaban J connectivity index is 4.11. The zero-order valence-electron chi connectivity index (χ0n) is 10.7. The molecule has 0 heterocycles. The summed E-state index contributed by atoms with van der Waals surface area (Å²) in [6.45, 7) is 11.5. The minimum Gasteiger partial charge on any atom is -0.393 e. The number of nitrogens with two attached hydrogens (primary N) is 1. The summed E-state index contributed by atoms with van der Waals surface area (Å²) in [5.74, 6) is 1.17. The van der Waals surface area contributed by atoms with E-state index in [0.717, 1.165) is 0 Å². The smallest absolute Gasteiger partial charge is 0.0592 e. The van der Waals surface area contributed by atoms with Gasteiger partial charge in [0, 0.05) is 6.54 Å². The molecule has 15 heavy (non-hydrogen) atoms. The predicted octanol–water partition coefficient (Wildman–Crippen LogP) is 1.64. The molecule has 0 aliphatic rings. The molecular weight excluding hydrogens is 190 g/mol. The Morgan fingerprint density at radius 2 is 1.53 bits per heavy atom. The molecular formula is C12H27NO2. The monoisotopic (exact) mass is 217 g/mol. The SMILES string of the molecule is CC(OCCN)[C@H](C)C(C)[C@H](C)[C@@H](C)O. The van der Waals surface area contributed by atoms with Gasteiger partial charge in [-0.3, -0.25) is 0 Å². The summed E-state index contributed by atoms with van der Waals surface area (Å²) >= 11 is 0. The van der Waals surface area contributed by atoms with E-state index in [4.69, 9.17) is 10.5 Å². The van der Waals surface area contributed by atoms with E-state index in [0.29, 0.717) is 30.9 Å². The van der Waals surface area contributed by atoms with E-state index >= 15 is 0 Å². The van der Waals surface area contributed by atoms with E-state index in [9.17, 15) is 5.11 Å². The highest BCUT2D eigenvalue weighted by atomic mass is 16.5. The Morgan fingerprint density at radius 3 is 1.93 bits per heavy atom. The molecule has 3 nitrogen and oxygen atoms in total. The van der Waals surface area contributed by atoms with Crippen molar-refractivity contribution in [3.05, 3.63) is 0 Å². The molecule has 0 saturated carbocycles.